The van der Waals surface area contributed by atoms with Crippen LogP contribution < -0.4 is 15.4 Å². The maximum Gasteiger partial charge on any atom is 0.405 e. The molecule has 2 fully saturated rings. The van der Waals surface area contributed by atoms with Crippen molar-refractivity contribution >= 4 is 34.6 Å². The largest absolute Gasteiger partial charge is 0.490 e. The second kappa shape index (κ2) is 18.8. The summed E-state index contributed by atoms with van der Waals surface area (Å²) >= 11 is 7.53. The molecule has 16 heteroatoms. The first-order chi connectivity index (χ1) is 27.9. The number of aliphatic hydroxyl groups is 1. The van der Waals surface area contributed by atoms with Gasteiger partial charge < -0.3 is 19.9 Å². The van der Waals surface area contributed by atoms with Gasteiger partial charge in [-0.05, 0) is 65.2 Å². The van der Waals surface area contributed by atoms with Crippen LogP contribution in [0.25, 0.3) is 10.6 Å². The highest BCUT2D eigenvalue weighted by Crippen LogP contribution is 2.40. The van der Waals surface area contributed by atoms with Crippen molar-refractivity contribution in [2.75, 3.05) is 39.3 Å². The SMILES string of the molecule is CC(=O)[C@H](Cc1ccccc1)C[C@H](O)CN1CCN(C(C)(C)c2csc(-c3cncc(Cl)c3)n2)C[C@H]1C(=O)NCC(F)(F)F.CC1(C)N[C@H]2c3ccccc3OC[C@H]2O1. The molecule has 0 aliphatic carbocycles. The van der Waals surface area contributed by atoms with E-state index in [4.69, 9.17) is 26.1 Å². The number of carbonyl (C=O) groups is 2. The van der Waals surface area contributed by atoms with Gasteiger partial charge in [-0.2, -0.15) is 13.2 Å². The molecule has 7 rings (SSSR count). The van der Waals surface area contributed by atoms with Crippen molar-refractivity contribution in [2.24, 2.45) is 5.92 Å². The predicted octanol–water partition coefficient (Wildman–Crippen LogP) is 6.80. The number of aliphatic hydroxyl groups excluding tert-OH is 1. The lowest BCUT2D eigenvalue weighted by Gasteiger charge is -2.47. The van der Waals surface area contributed by atoms with Gasteiger partial charge in [-0.1, -0.05) is 60.1 Å². The third kappa shape index (κ3) is 11.7. The number of nitrogens with one attached hydrogen (secondary N) is 2. The van der Waals surface area contributed by atoms with Gasteiger partial charge >= 0.3 is 6.18 Å². The van der Waals surface area contributed by atoms with E-state index in [0.29, 0.717) is 31.1 Å². The van der Waals surface area contributed by atoms with Crippen LogP contribution in [0.3, 0.4) is 0 Å². The number of hydrogen-bond donors (Lipinski definition) is 3. The number of aromatic nitrogens is 2. The smallest absolute Gasteiger partial charge is 0.405 e. The number of thiazole rings is 1. The maximum absolute atomic E-state index is 13.2. The minimum atomic E-state index is -4.56. The summed E-state index contributed by atoms with van der Waals surface area (Å²) < 4.78 is 50.6. The summed E-state index contributed by atoms with van der Waals surface area (Å²) in [6, 6.07) is 18.7. The van der Waals surface area contributed by atoms with Gasteiger partial charge in [0.2, 0.25) is 5.91 Å². The molecule has 59 heavy (non-hydrogen) atoms. The molecular weight excluding hydrogens is 805 g/mol. The lowest BCUT2D eigenvalue weighted by Crippen LogP contribution is -2.63. The molecule has 0 unspecified atom stereocenters. The van der Waals surface area contributed by atoms with E-state index in [1.165, 1.54) is 30.0 Å². The van der Waals surface area contributed by atoms with Gasteiger partial charge in [0, 0.05) is 61.0 Å². The number of carbonyl (C=O) groups excluding carboxylic acids is 2. The number of nitrogens with zero attached hydrogens (tertiary/aromatic N) is 4. The lowest BCUT2D eigenvalue weighted by molar-refractivity contribution is -0.144. The van der Waals surface area contributed by atoms with Gasteiger partial charge in [-0.15, -0.1) is 11.3 Å². The van der Waals surface area contributed by atoms with E-state index in [-0.39, 0.29) is 43.2 Å². The molecule has 3 N–H and O–H groups in total. The van der Waals surface area contributed by atoms with E-state index in [0.717, 1.165) is 27.6 Å². The number of amides is 1. The molecule has 5 atom stereocenters. The molecule has 0 spiro atoms. The highest BCUT2D eigenvalue weighted by Gasteiger charge is 2.44. The second-order valence-corrected chi connectivity index (χ2v) is 17.6. The molecule has 11 nitrogen and oxygen atoms in total. The average molecular weight is 857 g/mol. The van der Waals surface area contributed by atoms with Crippen molar-refractivity contribution in [1.29, 1.82) is 0 Å². The Morgan fingerprint density at radius 3 is 2.54 bits per heavy atom. The number of alkyl halides is 3. The number of benzene rings is 2. The van der Waals surface area contributed by atoms with E-state index in [1.54, 1.807) is 17.2 Å². The topological polar surface area (TPSA) is 129 Å². The van der Waals surface area contributed by atoms with Crippen molar-refractivity contribution in [3.8, 4) is 16.3 Å². The number of hydrogen-bond acceptors (Lipinski definition) is 11. The van der Waals surface area contributed by atoms with Crippen LogP contribution in [-0.2, 0) is 26.3 Å². The van der Waals surface area contributed by atoms with E-state index in [9.17, 15) is 27.9 Å². The summed E-state index contributed by atoms with van der Waals surface area (Å²) in [6.07, 6.45) is -1.55. The van der Waals surface area contributed by atoms with Crippen LogP contribution in [0.15, 0.2) is 78.4 Å². The molecule has 5 heterocycles. The molecule has 0 bridgehead atoms. The number of fused-ring (bicyclic) bond motifs is 3. The monoisotopic (exact) mass is 856 g/mol. The summed E-state index contributed by atoms with van der Waals surface area (Å²) in [7, 11) is 0. The Morgan fingerprint density at radius 1 is 1.10 bits per heavy atom. The first-order valence-corrected chi connectivity index (χ1v) is 20.9. The Kier molecular flexibility index (Phi) is 14.2. The molecular formula is C43H52ClF3N6O5S. The Balaban J connectivity index is 0.000000322. The molecule has 0 saturated carbocycles. The van der Waals surface area contributed by atoms with E-state index >= 15 is 0 Å². The number of β-amino-alcohol motifs (C(OH)–C–C–N with tert-alkyl or cyclic N) is 1. The zero-order chi connectivity index (χ0) is 42.5. The van der Waals surface area contributed by atoms with Gasteiger partial charge in [-0.25, -0.2) is 4.98 Å². The van der Waals surface area contributed by atoms with Crippen LogP contribution in [0, 0.1) is 5.92 Å². The normalized spacial score (nSPS) is 21.6. The van der Waals surface area contributed by atoms with E-state index < -0.39 is 42.2 Å². The third-order valence-corrected chi connectivity index (χ3v) is 12.1. The number of halogens is 4. The minimum absolute atomic E-state index is 0.0412. The molecule has 1 amide bonds. The minimum Gasteiger partial charge on any atom is -0.490 e. The zero-order valence-corrected chi connectivity index (χ0v) is 35.4. The Bertz CT molecular complexity index is 2050. The van der Waals surface area contributed by atoms with Gasteiger partial charge in [0.05, 0.1) is 28.4 Å². The summed E-state index contributed by atoms with van der Waals surface area (Å²) in [4.78, 5) is 38.3. The molecule has 3 aliphatic heterocycles. The van der Waals surface area contributed by atoms with Crippen molar-refractivity contribution in [1.82, 2.24) is 30.4 Å². The van der Waals surface area contributed by atoms with Crippen LogP contribution >= 0.6 is 22.9 Å². The lowest BCUT2D eigenvalue weighted by atomic mass is 9.90. The Labute approximate surface area is 352 Å². The molecule has 2 saturated heterocycles. The van der Waals surface area contributed by atoms with Gasteiger partial charge in [-0.3, -0.25) is 29.7 Å². The molecule has 2 aromatic carbocycles. The fourth-order valence-electron chi connectivity index (χ4n) is 7.84. The van der Waals surface area contributed by atoms with E-state index in [2.05, 4.69) is 16.4 Å². The molecule has 318 valence electrons. The van der Waals surface area contributed by atoms with Gasteiger partial charge in [0.15, 0.2) is 0 Å². The standard InChI is InChI=1S/C31H37ClF3N5O3S.C12H15NO2/c1-20(41)22(11-21-7-5-4-6-8-21)13-25(42)16-39-9-10-40(17-26(39)28(43)37-19-31(33,34)35)30(2,3)27-18-44-29(38-27)23-12-24(32)15-36-14-23;1-12(2)13-11-8-5-3-4-6-9(8)14-7-10(11)15-12/h4-8,12,14-15,18,22,25-26,42H,9-11,13,16-17,19H2,1-3H3,(H,37,43);3-6,10-11,13H,7H2,1-2H3/t22-,25+,26+;10-,11+/m11/s1. The maximum atomic E-state index is 13.2. The number of para-hydroxylation sites is 1. The average Bonchev–Trinajstić information content (AvgIpc) is 3.82. The number of Topliss-reactive ketones (excluding diaryl/α,β-unsaturated/α-hetero) is 1. The van der Waals surface area contributed by atoms with Crippen LogP contribution in [-0.4, -0.2) is 106 Å². The van der Waals surface area contributed by atoms with Crippen molar-refractivity contribution in [2.45, 2.75) is 89.2 Å². The summed E-state index contributed by atoms with van der Waals surface area (Å²) in [6.45, 7) is 9.65. The summed E-state index contributed by atoms with van der Waals surface area (Å²) in [5, 5.41) is 19.7. The Hall–Kier alpha value is -3.96. The number of pyridine rings is 1. The number of ketones is 1. The first kappa shape index (κ1) is 44.6. The molecule has 2 aromatic heterocycles. The van der Waals surface area contributed by atoms with Crippen LogP contribution in [0.5, 0.6) is 5.75 Å². The zero-order valence-electron chi connectivity index (χ0n) is 33.8. The van der Waals surface area contributed by atoms with Gasteiger partial charge in [0.25, 0.3) is 0 Å². The fourth-order valence-corrected chi connectivity index (χ4v) is 8.98. The highest BCUT2D eigenvalue weighted by molar-refractivity contribution is 7.13. The van der Waals surface area contributed by atoms with Crippen LogP contribution in [0.2, 0.25) is 5.02 Å². The van der Waals surface area contributed by atoms with Crippen LogP contribution in [0.4, 0.5) is 13.2 Å². The third-order valence-electron chi connectivity index (χ3n) is 11.0. The predicted molar refractivity (Wildman–Crippen MR) is 221 cm³/mol. The molecule has 4 aromatic rings. The number of rotatable bonds is 12. The quantitative estimate of drug-likeness (QED) is 0.140. The highest BCUT2D eigenvalue weighted by atomic mass is 35.5. The molecule has 3 aliphatic rings. The summed E-state index contributed by atoms with van der Waals surface area (Å²) in [5.74, 6) is -0.284. The van der Waals surface area contributed by atoms with Crippen LogP contribution in [0.1, 0.15) is 63.9 Å². The number of ether oxygens (including phenoxy) is 2. The van der Waals surface area contributed by atoms with E-state index in [1.807, 2.05) is 91.8 Å². The van der Waals surface area contributed by atoms with Crippen molar-refractivity contribution in [3.63, 3.8) is 0 Å². The van der Waals surface area contributed by atoms with Gasteiger partial charge in [0.1, 0.15) is 47.6 Å². The van der Waals surface area contributed by atoms with Crippen molar-refractivity contribution in [3.05, 3.63) is 100 Å². The first-order valence-electron chi connectivity index (χ1n) is 19.7. The van der Waals surface area contributed by atoms with Crippen molar-refractivity contribution < 1.29 is 37.3 Å². The molecule has 0 radical (unpaired) electrons. The second-order valence-electron chi connectivity index (χ2n) is 16.3. The summed E-state index contributed by atoms with van der Waals surface area (Å²) in [5.41, 5.74) is 2.77. The fraction of sp³-hybridized carbons (Fsp3) is 0.488. The number of piperazine rings is 1. The Morgan fingerprint density at radius 2 is 1.83 bits per heavy atom.